The fraction of sp³-hybridized carbons (Fsp3) is 0.632. The Hall–Kier alpha value is -1.59. The highest BCUT2D eigenvalue weighted by Gasteiger charge is 2.24. The van der Waals surface area contributed by atoms with Crippen LogP contribution in [-0.2, 0) is 4.74 Å². The van der Waals surface area contributed by atoms with E-state index in [1.165, 1.54) is 24.0 Å². The second-order valence-electron chi connectivity index (χ2n) is 6.86. The van der Waals surface area contributed by atoms with Gasteiger partial charge in [-0.25, -0.2) is 0 Å². The van der Waals surface area contributed by atoms with Gasteiger partial charge < -0.3 is 15.4 Å². The molecule has 1 aliphatic carbocycles. The van der Waals surface area contributed by atoms with Crippen molar-refractivity contribution in [2.45, 2.75) is 25.8 Å². The van der Waals surface area contributed by atoms with Gasteiger partial charge in [0.1, 0.15) is 0 Å². The number of ether oxygens (including phenoxy) is 1. The Bertz CT molecular complexity index is 550. The van der Waals surface area contributed by atoms with Gasteiger partial charge in [0, 0.05) is 33.2 Å². The normalized spacial score (nSPS) is 20.7. The summed E-state index contributed by atoms with van der Waals surface area (Å²) in [5, 5.41) is 6.97. The highest BCUT2D eigenvalue weighted by atomic mass is 16.5. The minimum Gasteiger partial charge on any atom is -0.379 e. The average molecular weight is 330 g/mol. The second-order valence-corrected chi connectivity index (χ2v) is 6.86. The molecular formula is C19H30N4O. The SMILES string of the molecule is CN=C(NCC1CC1)NCC(c1cccc(C)c1)N1CCOCC1. The first kappa shape index (κ1) is 17.2. The quantitative estimate of drug-likeness (QED) is 0.618. The van der Waals surface area contributed by atoms with Crippen LogP contribution in [0.2, 0.25) is 0 Å². The van der Waals surface area contributed by atoms with E-state index in [2.05, 4.69) is 51.7 Å². The van der Waals surface area contributed by atoms with Crippen LogP contribution in [0.1, 0.15) is 30.0 Å². The van der Waals surface area contributed by atoms with E-state index in [-0.39, 0.29) is 0 Å². The molecule has 1 atom stereocenters. The molecule has 1 aliphatic heterocycles. The van der Waals surface area contributed by atoms with Crippen molar-refractivity contribution >= 4 is 5.96 Å². The molecule has 5 heteroatoms. The Balaban J connectivity index is 1.64. The van der Waals surface area contributed by atoms with E-state index in [1.807, 2.05) is 7.05 Å². The van der Waals surface area contributed by atoms with Gasteiger partial charge in [-0.3, -0.25) is 9.89 Å². The topological polar surface area (TPSA) is 48.9 Å². The molecule has 0 bridgehead atoms. The number of hydrogen-bond donors (Lipinski definition) is 2. The molecule has 1 unspecified atom stereocenters. The summed E-state index contributed by atoms with van der Waals surface area (Å²) in [4.78, 5) is 6.88. The van der Waals surface area contributed by atoms with Gasteiger partial charge in [0.05, 0.1) is 19.3 Å². The number of guanidine groups is 1. The molecule has 0 aromatic heterocycles. The van der Waals surface area contributed by atoms with Crippen LogP contribution in [0.3, 0.4) is 0 Å². The highest BCUT2D eigenvalue weighted by Crippen LogP contribution is 2.27. The standard InChI is InChI=1S/C19H30N4O/c1-15-4-3-5-17(12-15)18(23-8-10-24-11-9-23)14-22-19(20-2)21-13-16-6-7-16/h3-5,12,16,18H,6-11,13-14H2,1-2H3,(H2,20,21,22). The van der Waals surface area contributed by atoms with E-state index in [1.54, 1.807) is 0 Å². The first-order chi connectivity index (χ1) is 11.8. The van der Waals surface area contributed by atoms with E-state index >= 15 is 0 Å². The van der Waals surface area contributed by atoms with Gasteiger partial charge in [-0.2, -0.15) is 0 Å². The summed E-state index contributed by atoms with van der Waals surface area (Å²) in [6.07, 6.45) is 2.70. The van der Waals surface area contributed by atoms with E-state index in [4.69, 9.17) is 4.74 Å². The number of aliphatic imine (C=N–C) groups is 1. The summed E-state index contributed by atoms with van der Waals surface area (Å²) in [5.41, 5.74) is 2.67. The molecule has 0 radical (unpaired) electrons. The molecule has 3 rings (SSSR count). The summed E-state index contributed by atoms with van der Waals surface area (Å²) in [6.45, 7) is 7.64. The summed E-state index contributed by atoms with van der Waals surface area (Å²) in [7, 11) is 1.85. The molecule has 5 nitrogen and oxygen atoms in total. The lowest BCUT2D eigenvalue weighted by atomic mass is 10.0. The van der Waals surface area contributed by atoms with Crippen LogP contribution in [0.15, 0.2) is 29.3 Å². The molecule has 0 spiro atoms. The molecule has 24 heavy (non-hydrogen) atoms. The number of nitrogens with one attached hydrogen (secondary N) is 2. The first-order valence-corrected chi connectivity index (χ1v) is 9.09. The minimum atomic E-state index is 0.341. The van der Waals surface area contributed by atoms with Gasteiger partial charge in [-0.1, -0.05) is 29.8 Å². The van der Waals surface area contributed by atoms with Crippen LogP contribution in [-0.4, -0.2) is 57.3 Å². The van der Waals surface area contributed by atoms with Crippen molar-refractivity contribution < 1.29 is 4.74 Å². The minimum absolute atomic E-state index is 0.341. The summed E-state index contributed by atoms with van der Waals surface area (Å²) in [5.74, 6) is 1.75. The van der Waals surface area contributed by atoms with Gasteiger partial charge in [0.2, 0.25) is 0 Å². The van der Waals surface area contributed by atoms with Crippen molar-refractivity contribution in [1.82, 2.24) is 15.5 Å². The molecule has 2 N–H and O–H groups in total. The predicted octanol–water partition coefficient (Wildman–Crippen LogP) is 1.94. The van der Waals surface area contributed by atoms with Crippen molar-refractivity contribution in [3.05, 3.63) is 35.4 Å². The molecule has 1 heterocycles. The molecule has 1 saturated carbocycles. The molecule has 2 fully saturated rings. The zero-order valence-corrected chi connectivity index (χ0v) is 14.9. The van der Waals surface area contributed by atoms with Crippen molar-refractivity contribution in [3.63, 3.8) is 0 Å². The Morgan fingerprint density at radius 3 is 2.75 bits per heavy atom. The van der Waals surface area contributed by atoms with Gasteiger partial charge in [0.25, 0.3) is 0 Å². The van der Waals surface area contributed by atoms with Gasteiger partial charge >= 0.3 is 0 Å². The van der Waals surface area contributed by atoms with E-state index < -0.39 is 0 Å². The van der Waals surface area contributed by atoms with Crippen LogP contribution < -0.4 is 10.6 Å². The number of benzene rings is 1. The van der Waals surface area contributed by atoms with Crippen LogP contribution in [0.4, 0.5) is 0 Å². The lowest BCUT2D eigenvalue weighted by Crippen LogP contribution is -2.46. The lowest BCUT2D eigenvalue weighted by molar-refractivity contribution is 0.0170. The number of aryl methyl sites for hydroxylation is 1. The molecule has 1 aromatic carbocycles. The van der Waals surface area contributed by atoms with Gasteiger partial charge in [-0.05, 0) is 31.2 Å². The maximum atomic E-state index is 5.53. The largest absolute Gasteiger partial charge is 0.379 e. The number of morpholine rings is 1. The molecule has 2 aliphatic rings. The maximum absolute atomic E-state index is 5.53. The van der Waals surface area contributed by atoms with Crippen molar-refractivity contribution in [2.24, 2.45) is 10.9 Å². The number of hydrogen-bond acceptors (Lipinski definition) is 3. The third kappa shape index (κ3) is 4.95. The van der Waals surface area contributed by atoms with Crippen molar-refractivity contribution in [2.75, 3.05) is 46.4 Å². The summed E-state index contributed by atoms with van der Waals surface area (Å²) < 4.78 is 5.53. The fourth-order valence-electron chi connectivity index (χ4n) is 3.20. The molecule has 1 aromatic rings. The van der Waals surface area contributed by atoms with Crippen LogP contribution in [0, 0.1) is 12.8 Å². The van der Waals surface area contributed by atoms with E-state index in [9.17, 15) is 0 Å². The molecular weight excluding hydrogens is 300 g/mol. The molecule has 0 amide bonds. The number of rotatable bonds is 6. The van der Waals surface area contributed by atoms with Crippen molar-refractivity contribution in [1.29, 1.82) is 0 Å². The highest BCUT2D eigenvalue weighted by molar-refractivity contribution is 5.79. The summed E-state index contributed by atoms with van der Waals surface area (Å²) in [6, 6.07) is 9.17. The Kier molecular flexibility index (Phi) is 6.10. The first-order valence-electron chi connectivity index (χ1n) is 9.09. The molecule has 1 saturated heterocycles. The second kappa shape index (κ2) is 8.49. The van der Waals surface area contributed by atoms with Crippen LogP contribution in [0.5, 0.6) is 0 Å². The van der Waals surface area contributed by atoms with Gasteiger partial charge in [-0.15, -0.1) is 0 Å². The van der Waals surface area contributed by atoms with Crippen molar-refractivity contribution in [3.8, 4) is 0 Å². The van der Waals surface area contributed by atoms with Crippen LogP contribution >= 0.6 is 0 Å². The van der Waals surface area contributed by atoms with E-state index in [0.29, 0.717) is 6.04 Å². The van der Waals surface area contributed by atoms with E-state index in [0.717, 1.165) is 51.3 Å². The maximum Gasteiger partial charge on any atom is 0.191 e. The number of nitrogens with zero attached hydrogens (tertiary/aromatic N) is 2. The zero-order chi connectivity index (χ0) is 16.8. The third-order valence-corrected chi connectivity index (χ3v) is 4.85. The Morgan fingerprint density at radius 1 is 1.29 bits per heavy atom. The van der Waals surface area contributed by atoms with Gasteiger partial charge in [0.15, 0.2) is 5.96 Å². The Labute approximate surface area is 145 Å². The monoisotopic (exact) mass is 330 g/mol. The smallest absolute Gasteiger partial charge is 0.191 e. The third-order valence-electron chi connectivity index (χ3n) is 4.85. The lowest BCUT2D eigenvalue weighted by Gasteiger charge is -2.35. The molecule has 132 valence electrons. The zero-order valence-electron chi connectivity index (χ0n) is 14.9. The fourth-order valence-corrected chi connectivity index (χ4v) is 3.20. The Morgan fingerprint density at radius 2 is 2.08 bits per heavy atom. The average Bonchev–Trinajstić information content (AvgIpc) is 3.43. The predicted molar refractivity (Wildman–Crippen MR) is 98.4 cm³/mol. The summed E-state index contributed by atoms with van der Waals surface area (Å²) >= 11 is 0. The van der Waals surface area contributed by atoms with Crippen LogP contribution in [0.25, 0.3) is 0 Å².